The molecule has 2 heterocycles. The lowest BCUT2D eigenvalue weighted by atomic mass is 9.92. The number of fused-ring (bicyclic) bond motifs is 1. The number of nitrogens with zero attached hydrogens (tertiary/aromatic N) is 3. The summed E-state index contributed by atoms with van der Waals surface area (Å²) in [5.74, 6) is 1.27. The Bertz CT molecular complexity index is 834. The minimum absolute atomic E-state index is 0.100. The van der Waals surface area contributed by atoms with E-state index in [0.29, 0.717) is 29.9 Å². The molecule has 0 radical (unpaired) electrons. The van der Waals surface area contributed by atoms with E-state index in [4.69, 9.17) is 0 Å². The van der Waals surface area contributed by atoms with Gasteiger partial charge in [-0.1, -0.05) is 6.42 Å². The Morgan fingerprint density at radius 1 is 1.19 bits per heavy atom. The van der Waals surface area contributed by atoms with E-state index in [1.165, 1.54) is 25.0 Å². The average Bonchev–Trinajstić information content (AvgIpc) is 3.14. The molecule has 1 N–H and O–H groups in total. The zero-order chi connectivity index (χ0) is 18.3. The molecule has 8 heteroatoms. The zero-order valence-corrected chi connectivity index (χ0v) is 15.7. The third kappa shape index (κ3) is 3.18. The highest BCUT2D eigenvalue weighted by Gasteiger charge is 2.44. The molecule has 0 spiro atoms. The molecule has 26 heavy (non-hydrogen) atoms. The van der Waals surface area contributed by atoms with Gasteiger partial charge in [0.15, 0.2) is 0 Å². The second kappa shape index (κ2) is 6.57. The molecule has 3 aliphatic rings. The van der Waals surface area contributed by atoms with E-state index in [0.717, 1.165) is 25.9 Å². The summed E-state index contributed by atoms with van der Waals surface area (Å²) in [6.45, 7) is 1.66. The summed E-state index contributed by atoms with van der Waals surface area (Å²) in [5.41, 5.74) is 0.598. The summed E-state index contributed by atoms with van der Waals surface area (Å²) in [4.78, 5) is 16.2. The molecule has 2 unspecified atom stereocenters. The van der Waals surface area contributed by atoms with Crippen molar-refractivity contribution < 1.29 is 13.2 Å². The fraction of sp³-hybridized carbons (Fsp3) is 0.556. The molecule has 0 aromatic heterocycles. The van der Waals surface area contributed by atoms with E-state index in [1.54, 1.807) is 12.1 Å². The van der Waals surface area contributed by atoms with Crippen LogP contribution in [0.4, 0.5) is 10.5 Å². The fourth-order valence-corrected chi connectivity index (χ4v) is 5.22. The predicted molar refractivity (Wildman–Crippen MR) is 99.8 cm³/mol. The number of anilines is 1. The molecular weight excluding hydrogens is 352 g/mol. The van der Waals surface area contributed by atoms with Crippen molar-refractivity contribution in [2.45, 2.75) is 43.0 Å². The zero-order valence-electron chi connectivity index (χ0n) is 14.9. The van der Waals surface area contributed by atoms with E-state index >= 15 is 0 Å². The monoisotopic (exact) mass is 376 g/mol. The summed E-state index contributed by atoms with van der Waals surface area (Å²) in [6.07, 6.45) is 5.11. The Balaban J connectivity index is 1.42. The van der Waals surface area contributed by atoms with Crippen LogP contribution in [-0.2, 0) is 10.0 Å². The number of hydrogen-bond donors (Lipinski definition) is 1. The largest absolute Gasteiger partial charge is 0.362 e. The van der Waals surface area contributed by atoms with E-state index in [9.17, 15) is 13.2 Å². The number of benzene rings is 1. The Morgan fingerprint density at radius 3 is 2.62 bits per heavy atom. The highest BCUT2D eigenvalue weighted by atomic mass is 32.2. The van der Waals surface area contributed by atoms with Crippen molar-refractivity contribution in [3.8, 4) is 0 Å². The van der Waals surface area contributed by atoms with Crippen molar-refractivity contribution in [2.75, 3.05) is 25.5 Å². The van der Waals surface area contributed by atoms with Crippen molar-refractivity contribution in [3.63, 3.8) is 0 Å². The SMILES string of the molecule is CN1CCC/C1=N/S(=O)(=O)c1ccc(NC(=O)N2CC3CCCC32)cc1. The molecule has 3 fully saturated rings. The maximum absolute atomic E-state index is 12.4. The number of carbonyl (C=O) groups excluding carboxylic acids is 1. The molecule has 1 saturated carbocycles. The molecule has 7 nitrogen and oxygen atoms in total. The first-order valence-corrected chi connectivity index (χ1v) is 10.6. The van der Waals surface area contributed by atoms with Gasteiger partial charge in [0, 0.05) is 38.3 Å². The van der Waals surface area contributed by atoms with Crippen LogP contribution < -0.4 is 5.32 Å². The van der Waals surface area contributed by atoms with Crippen LogP contribution >= 0.6 is 0 Å². The minimum Gasteiger partial charge on any atom is -0.362 e. The first-order chi connectivity index (χ1) is 12.4. The number of rotatable bonds is 3. The van der Waals surface area contributed by atoms with Gasteiger partial charge in [0.05, 0.1) is 4.90 Å². The summed E-state index contributed by atoms with van der Waals surface area (Å²) in [5, 5.41) is 2.86. The van der Waals surface area contributed by atoms with Gasteiger partial charge in [-0.3, -0.25) is 0 Å². The molecule has 1 aromatic carbocycles. The van der Waals surface area contributed by atoms with Gasteiger partial charge in [-0.05, 0) is 49.4 Å². The number of hydrogen-bond acceptors (Lipinski definition) is 3. The Kier molecular flexibility index (Phi) is 4.38. The van der Waals surface area contributed by atoms with Gasteiger partial charge in [0.25, 0.3) is 10.0 Å². The second-order valence-corrected chi connectivity index (χ2v) is 8.98. The van der Waals surface area contributed by atoms with Crippen molar-refractivity contribution in [3.05, 3.63) is 24.3 Å². The van der Waals surface area contributed by atoms with Crippen LogP contribution in [0.2, 0.25) is 0 Å². The number of carbonyl (C=O) groups is 1. The van der Waals surface area contributed by atoms with Crippen molar-refractivity contribution in [2.24, 2.45) is 10.3 Å². The molecule has 2 saturated heterocycles. The number of nitrogens with one attached hydrogen (secondary N) is 1. The molecule has 4 rings (SSSR count). The number of likely N-dealkylation sites (tertiary alicyclic amines) is 2. The molecule has 140 valence electrons. The third-order valence-corrected chi connectivity index (χ3v) is 6.99. The second-order valence-electron chi connectivity index (χ2n) is 7.37. The maximum Gasteiger partial charge on any atom is 0.322 e. The van der Waals surface area contributed by atoms with Crippen LogP contribution in [0, 0.1) is 5.92 Å². The highest BCUT2D eigenvalue weighted by Crippen LogP contribution is 2.39. The Morgan fingerprint density at radius 2 is 1.96 bits per heavy atom. The Labute approximate surface area is 154 Å². The van der Waals surface area contributed by atoms with Crippen molar-refractivity contribution >= 4 is 27.6 Å². The van der Waals surface area contributed by atoms with Gasteiger partial charge >= 0.3 is 6.03 Å². The number of amides is 2. The number of sulfonamides is 1. The lowest BCUT2D eigenvalue weighted by Crippen LogP contribution is -2.57. The quantitative estimate of drug-likeness (QED) is 0.879. The minimum atomic E-state index is -3.72. The Hall–Kier alpha value is -2.09. The predicted octanol–water partition coefficient (Wildman–Crippen LogP) is 2.52. The van der Waals surface area contributed by atoms with Crippen molar-refractivity contribution in [1.82, 2.24) is 9.80 Å². The first-order valence-electron chi connectivity index (χ1n) is 9.17. The third-order valence-electron chi connectivity index (χ3n) is 5.67. The van der Waals surface area contributed by atoms with Gasteiger partial charge in [0.1, 0.15) is 5.84 Å². The van der Waals surface area contributed by atoms with Crippen LogP contribution in [0.3, 0.4) is 0 Å². The number of urea groups is 1. The molecule has 1 aliphatic carbocycles. The van der Waals surface area contributed by atoms with Crippen LogP contribution in [-0.4, -0.2) is 56.3 Å². The van der Waals surface area contributed by atoms with Crippen LogP contribution in [0.25, 0.3) is 0 Å². The maximum atomic E-state index is 12.4. The smallest absolute Gasteiger partial charge is 0.322 e. The van der Waals surface area contributed by atoms with Crippen LogP contribution in [0.1, 0.15) is 32.1 Å². The topological polar surface area (TPSA) is 82.1 Å². The first kappa shape index (κ1) is 17.3. The van der Waals surface area contributed by atoms with Crippen LogP contribution in [0.15, 0.2) is 33.6 Å². The standard InChI is InChI=1S/C18H24N4O3S/c1-21-11-3-6-17(21)20-26(24,25)15-9-7-14(8-10-15)19-18(23)22-12-13-4-2-5-16(13)22/h7-10,13,16H,2-6,11-12H2,1H3,(H,19,23)/b20-17-. The molecule has 0 bridgehead atoms. The van der Waals surface area contributed by atoms with Crippen molar-refractivity contribution in [1.29, 1.82) is 0 Å². The summed E-state index contributed by atoms with van der Waals surface area (Å²) >= 11 is 0. The van der Waals surface area contributed by atoms with Gasteiger partial charge in [0.2, 0.25) is 0 Å². The molecule has 1 aromatic rings. The lowest BCUT2D eigenvalue weighted by molar-refractivity contribution is 0.0797. The van der Waals surface area contributed by atoms with Gasteiger partial charge in [-0.2, -0.15) is 8.42 Å². The summed E-state index contributed by atoms with van der Waals surface area (Å²) in [7, 11) is -1.87. The number of amidine groups is 1. The molecule has 2 atom stereocenters. The fourth-order valence-electron chi connectivity index (χ4n) is 4.13. The van der Waals surface area contributed by atoms with E-state index < -0.39 is 10.0 Å². The van der Waals surface area contributed by atoms with E-state index in [2.05, 4.69) is 9.71 Å². The van der Waals surface area contributed by atoms with Crippen LogP contribution in [0.5, 0.6) is 0 Å². The highest BCUT2D eigenvalue weighted by molar-refractivity contribution is 7.90. The normalized spacial score (nSPS) is 26.7. The van der Waals surface area contributed by atoms with E-state index in [-0.39, 0.29) is 10.9 Å². The average molecular weight is 376 g/mol. The molecular formula is C18H24N4O3S. The van der Waals surface area contributed by atoms with Gasteiger partial charge in [-0.15, -0.1) is 4.40 Å². The molecule has 2 aliphatic heterocycles. The lowest BCUT2D eigenvalue weighted by Gasteiger charge is -2.44. The molecule has 2 amide bonds. The van der Waals surface area contributed by atoms with Gasteiger partial charge in [-0.25, -0.2) is 4.79 Å². The van der Waals surface area contributed by atoms with E-state index in [1.807, 2.05) is 16.8 Å². The summed E-state index contributed by atoms with van der Waals surface area (Å²) < 4.78 is 28.8. The van der Waals surface area contributed by atoms with Gasteiger partial charge < -0.3 is 15.1 Å². The summed E-state index contributed by atoms with van der Waals surface area (Å²) in [6, 6.07) is 6.52.